The first kappa shape index (κ1) is 19.4. The van der Waals surface area contributed by atoms with E-state index in [2.05, 4.69) is 69.2 Å². The Morgan fingerprint density at radius 2 is 1.24 bits per heavy atom. The van der Waals surface area contributed by atoms with E-state index in [0.717, 1.165) is 23.6 Å². The van der Waals surface area contributed by atoms with E-state index in [9.17, 15) is 0 Å². The van der Waals surface area contributed by atoms with Crippen molar-refractivity contribution in [2.24, 2.45) is 4.99 Å². The van der Waals surface area contributed by atoms with E-state index in [1.54, 1.807) is 0 Å². The van der Waals surface area contributed by atoms with E-state index in [0.29, 0.717) is 0 Å². The van der Waals surface area contributed by atoms with Gasteiger partial charge in [-0.2, -0.15) is 0 Å². The third kappa shape index (κ3) is 3.27. The zero-order valence-electron chi connectivity index (χ0n) is 17.6. The summed E-state index contributed by atoms with van der Waals surface area (Å²) < 4.78 is 0. The summed E-state index contributed by atoms with van der Waals surface area (Å²) in [6.07, 6.45) is 1.02. The van der Waals surface area contributed by atoms with Crippen LogP contribution >= 0.6 is 0 Å². The van der Waals surface area contributed by atoms with Crippen molar-refractivity contribution in [2.45, 2.75) is 75.7 Å². The third-order valence-corrected chi connectivity index (χ3v) is 6.08. The highest BCUT2D eigenvalue weighted by atomic mass is 14.9. The monoisotopic (exact) mass is 336 g/mol. The Bertz CT molecular complexity index is 871. The average molecular weight is 337 g/mol. The van der Waals surface area contributed by atoms with Crippen molar-refractivity contribution in [3.8, 4) is 0 Å². The summed E-state index contributed by atoms with van der Waals surface area (Å²) in [4.78, 5) is 9.74. The average Bonchev–Trinajstić information content (AvgIpc) is 2.58. The topological polar surface area (TPSA) is 25.2 Å². The van der Waals surface area contributed by atoms with Crippen LogP contribution in [-0.2, 0) is 6.42 Å². The molecule has 1 aromatic heterocycles. The number of hydrogen-bond donors (Lipinski definition) is 0. The Labute approximate surface area is 153 Å². The first-order chi connectivity index (χ1) is 11.6. The fourth-order valence-corrected chi connectivity index (χ4v) is 3.69. The maximum absolute atomic E-state index is 4.98. The molecule has 0 aliphatic carbocycles. The SMILES string of the molecule is CCc1c(C)c(C)c(C)c(C)c1/C(C)=N/c1nc(C)c(C)c(C)c1C. The molecule has 2 nitrogen and oxygen atoms in total. The van der Waals surface area contributed by atoms with Crippen LogP contribution in [0.1, 0.15) is 69.6 Å². The van der Waals surface area contributed by atoms with Crippen LogP contribution in [0.4, 0.5) is 5.82 Å². The Balaban J connectivity index is 2.75. The molecule has 2 rings (SSSR count). The van der Waals surface area contributed by atoms with Gasteiger partial charge in [-0.3, -0.25) is 0 Å². The number of hydrogen-bond acceptors (Lipinski definition) is 2. The normalized spacial score (nSPS) is 12.0. The minimum atomic E-state index is 0.857. The fraction of sp³-hybridized carbons (Fsp3) is 0.478. The van der Waals surface area contributed by atoms with Gasteiger partial charge in [0.25, 0.3) is 0 Å². The largest absolute Gasteiger partial charge is 0.233 e. The van der Waals surface area contributed by atoms with E-state index >= 15 is 0 Å². The van der Waals surface area contributed by atoms with Gasteiger partial charge in [-0.15, -0.1) is 0 Å². The van der Waals surface area contributed by atoms with Crippen LogP contribution < -0.4 is 0 Å². The second-order valence-electron chi connectivity index (χ2n) is 7.30. The molecular formula is C23H32N2. The van der Waals surface area contributed by atoms with E-state index in [-0.39, 0.29) is 0 Å². The van der Waals surface area contributed by atoms with Crippen molar-refractivity contribution in [1.29, 1.82) is 0 Å². The van der Waals surface area contributed by atoms with Crippen molar-refractivity contribution in [3.63, 3.8) is 0 Å². The van der Waals surface area contributed by atoms with Gasteiger partial charge >= 0.3 is 0 Å². The fourth-order valence-electron chi connectivity index (χ4n) is 3.69. The lowest BCUT2D eigenvalue weighted by Crippen LogP contribution is -2.10. The molecule has 0 unspecified atom stereocenters. The molecule has 0 aliphatic heterocycles. The van der Waals surface area contributed by atoms with Gasteiger partial charge < -0.3 is 0 Å². The molecule has 1 aromatic carbocycles. The Hall–Kier alpha value is -1.96. The lowest BCUT2D eigenvalue weighted by Gasteiger charge is -2.20. The molecule has 0 saturated heterocycles. The van der Waals surface area contributed by atoms with Gasteiger partial charge in [0.2, 0.25) is 0 Å². The van der Waals surface area contributed by atoms with Crippen molar-refractivity contribution >= 4 is 11.5 Å². The molecule has 0 spiro atoms. The lowest BCUT2D eigenvalue weighted by molar-refractivity contribution is 1.05. The predicted octanol–water partition coefficient (Wildman–Crippen LogP) is 6.25. The smallest absolute Gasteiger partial charge is 0.155 e. The highest BCUT2D eigenvalue weighted by Gasteiger charge is 2.17. The van der Waals surface area contributed by atoms with Gasteiger partial charge in [0.15, 0.2) is 5.82 Å². The minimum absolute atomic E-state index is 0.857. The summed E-state index contributed by atoms with van der Waals surface area (Å²) in [5.41, 5.74) is 14.1. The minimum Gasteiger partial charge on any atom is -0.233 e. The van der Waals surface area contributed by atoms with Crippen LogP contribution in [0, 0.1) is 55.4 Å². The Kier molecular flexibility index (Phi) is 5.51. The number of pyridine rings is 1. The number of aromatic nitrogens is 1. The molecule has 2 aromatic rings. The number of nitrogens with zero attached hydrogens (tertiary/aromatic N) is 2. The molecule has 25 heavy (non-hydrogen) atoms. The molecule has 0 bridgehead atoms. The van der Waals surface area contributed by atoms with E-state index in [4.69, 9.17) is 9.98 Å². The van der Waals surface area contributed by atoms with Gasteiger partial charge in [0.05, 0.1) is 0 Å². The van der Waals surface area contributed by atoms with Gasteiger partial charge in [0.1, 0.15) is 0 Å². The van der Waals surface area contributed by atoms with Crippen LogP contribution in [0.15, 0.2) is 4.99 Å². The van der Waals surface area contributed by atoms with Crippen molar-refractivity contribution in [3.05, 3.63) is 55.8 Å². The van der Waals surface area contributed by atoms with Crippen molar-refractivity contribution in [2.75, 3.05) is 0 Å². The highest BCUT2D eigenvalue weighted by molar-refractivity contribution is 6.03. The molecule has 0 amide bonds. The molecule has 0 saturated carbocycles. The summed E-state index contributed by atoms with van der Waals surface area (Å²) >= 11 is 0. The maximum Gasteiger partial charge on any atom is 0.155 e. The molecule has 2 heteroatoms. The second kappa shape index (κ2) is 7.11. The number of aryl methyl sites for hydroxylation is 1. The Morgan fingerprint density at radius 3 is 1.80 bits per heavy atom. The van der Waals surface area contributed by atoms with Gasteiger partial charge in [-0.05, 0) is 113 Å². The second-order valence-corrected chi connectivity index (χ2v) is 7.30. The molecular weight excluding hydrogens is 304 g/mol. The zero-order chi connectivity index (χ0) is 19.0. The number of benzene rings is 1. The maximum atomic E-state index is 4.98. The van der Waals surface area contributed by atoms with Crippen molar-refractivity contribution < 1.29 is 0 Å². The van der Waals surface area contributed by atoms with Crippen LogP contribution in [0.2, 0.25) is 0 Å². The first-order valence-electron chi connectivity index (χ1n) is 9.21. The summed E-state index contributed by atoms with van der Waals surface area (Å²) in [5.74, 6) is 0.857. The number of aliphatic imine (C=N–C) groups is 1. The molecule has 0 aliphatic rings. The quantitative estimate of drug-likeness (QED) is 0.608. The molecule has 0 fully saturated rings. The van der Waals surface area contributed by atoms with Crippen LogP contribution in [0.25, 0.3) is 0 Å². The van der Waals surface area contributed by atoms with Gasteiger partial charge in [0, 0.05) is 17.0 Å². The summed E-state index contributed by atoms with van der Waals surface area (Å²) in [5, 5.41) is 0. The van der Waals surface area contributed by atoms with E-state index < -0.39 is 0 Å². The Morgan fingerprint density at radius 1 is 0.720 bits per heavy atom. The van der Waals surface area contributed by atoms with E-state index in [1.165, 1.54) is 50.1 Å². The highest BCUT2D eigenvalue weighted by Crippen LogP contribution is 2.30. The standard InChI is InChI=1S/C23H32N2/c1-11-21-16(6)12(2)13(3)17(7)22(21)20(10)25-23-18(8)14(4)15(5)19(9)24-23/h11H2,1-10H3/b25-20+. The lowest BCUT2D eigenvalue weighted by atomic mass is 9.86. The zero-order valence-corrected chi connectivity index (χ0v) is 17.6. The van der Waals surface area contributed by atoms with Gasteiger partial charge in [-0.25, -0.2) is 9.98 Å². The molecule has 0 N–H and O–H groups in total. The van der Waals surface area contributed by atoms with Crippen molar-refractivity contribution in [1.82, 2.24) is 4.98 Å². The first-order valence-corrected chi connectivity index (χ1v) is 9.21. The summed E-state index contributed by atoms with van der Waals surface area (Å²) in [7, 11) is 0. The molecule has 0 radical (unpaired) electrons. The van der Waals surface area contributed by atoms with Gasteiger partial charge in [-0.1, -0.05) is 6.92 Å². The number of rotatable bonds is 3. The van der Waals surface area contributed by atoms with Crippen LogP contribution in [-0.4, -0.2) is 10.7 Å². The molecule has 134 valence electrons. The van der Waals surface area contributed by atoms with E-state index in [1.807, 2.05) is 0 Å². The van der Waals surface area contributed by atoms with Crippen LogP contribution in [0.3, 0.4) is 0 Å². The molecule has 0 atom stereocenters. The van der Waals surface area contributed by atoms with Crippen LogP contribution in [0.5, 0.6) is 0 Å². The third-order valence-electron chi connectivity index (χ3n) is 6.08. The predicted molar refractivity (Wildman–Crippen MR) is 110 cm³/mol. The molecule has 1 heterocycles. The summed E-state index contributed by atoms with van der Waals surface area (Å²) in [6.45, 7) is 21.8. The summed E-state index contributed by atoms with van der Waals surface area (Å²) in [6, 6.07) is 0.